The molecule has 1 amide bonds. The van der Waals surface area contributed by atoms with Crippen molar-refractivity contribution in [3.63, 3.8) is 0 Å². The van der Waals surface area contributed by atoms with Crippen LogP contribution in [0.2, 0.25) is 0 Å². The summed E-state index contributed by atoms with van der Waals surface area (Å²) in [6, 6.07) is 9.52. The Morgan fingerprint density at radius 2 is 1.81 bits per heavy atom. The fraction of sp³-hybridized carbons (Fsp3) is 0.526. The van der Waals surface area contributed by atoms with Gasteiger partial charge in [0.15, 0.2) is 6.54 Å². The Hall–Kier alpha value is -1.70. The summed E-state index contributed by atoms with van der Waals surface area (Å²) in [5.41, 5.74) is 0.858. The number of benzene rings is 1. The minimum Gasteiger partial charge on any atom is -0.348 e. The number of nitrogens with zero attached hydrogens (tertiary/aromatic N) is 1. The zero-order valence-corrected chi connectivity index (χ0v) is 16.6. The van der Waals surface area contributed by atoms with Gasteiger partial charge < -0.3 is 10.2 Å². The maximum atomic E-state index is 12.5. The molecule has 0 radical (unpaired) electrons. The number of hydrogen-bond donors (Lipinski definition) is 2. The molecule has 1 heterocycles. The van der Waals surface area contributed by atoms with Crippen LogP contribution in [0.5, 0.6) is 0 Å². The first-order chi connectivity index (χ1) is 12.3. The van der Waals surface area contributed by atoms with E-state index in [1.54, 1.807) is 6.08 Å². The summed E-state index contributed by atoms with van der Waals surface area (Å²) in [5, 5.41) is 4.27. The van der Waals surface area contributed by atoms with Crippen LogP contribution < -0.4 is 10.2 Å². The summed E-state index contributed by atoms with van der Waals surface area (Å²) < 4.78 is 26.4. The second-order valence-corrected chi connectivity index (χ2v) is 9.00. The first kappa shape index (κ1) is 20.6. The van der Waals surface area contributed by atoms with E-state index in [-0.39, 0.29) is 11.9 Å². The summed E-state index contributed by atoms with van der Waals surface area (Å²) in [6.45, 7) is 8.69. The number of quaternary nitrogens is 1. The normalized spacial score (nSPS) is 18.3. The SMILES string of the molecule is CC(C)[C@@H](C)NC(=O)C[NH+]1CCN(S(=O)(=O)/C=C/c2ccccc2)CC1. The fourth-order valence-corrected chi connectivity index (χ4v) is 3.94. The third-order valence-electron chi connectivity index (χ3n) is 4.82. The van der Waals surface area contributed by atoms with Crippen LogP contribution in [0.4, 0.5) is 0 Å². The van der Waals surface area contributed by atoms with Gasteiger partial charge in [-0.25, -0.2) is 8.42 Å². The standard InChI is InChI=1S/C19H29N3O3S/c1-16(2)17(3)20-19(23)15-21-10-12-22(13-11-21)26(24,25)14-9-18-7-5-4-6-8-18/h4-9,14,16-17H,10-13,15H2,1-3H3,(H,20,23)/p+1/b14-9+/t17-/m1/s1. The molecule has 1 atom stereocenters. The Balaban J connectivity index is 1.83. The van der Waals surface area contributed by atoms with Crippen molar-refractivity contribution >= 4 is 22.0 Å². The molecule has 26 heavy (non-hydrogen) atoms. The van der Waals surface area contributed by atoms with Gasteiger partial charge in [0.25, 0.3) is 5.91 Å². The van der Waals surface area contributed by atoms with Gasteiger partial charge in [0.1, 0.15) is 0 Å². The van der Waals surface area contributed by atoms with Crippen LogP contribution in [0.15, 0.2) is 35.7 Å². The molecule has 1 aromatic carbocycles. The highest BCUT2D eigenvalue weighted by molar-refractivity contribution is 7.92. The molecule has 0 unspecified atom stereocenters. The average molecular weight is 381 g/mol. The van der Waals surface area contributed by atoms with E-state index < -0.39 is 10.0 Å². The number of rotatable bonds is 7. The van der Waals surface area contributed by atoms with E-state index in [2.05, 4.69) is 19.2 Å². The number of nitrogens with one attached hydrogen (secondary N) is 2. The van der Waals surface area contributed by atoms with Crippen LogP contribution in [0.1, 0.15) is 26.3 Å². The molecule has 2 rings (SSSR count). The van der Waals surface area contributed by atoms with Crippen LogP contribution in [0.25, 0.3) is 6.08 Å². The number of amides is 1. The molecule has 6 nitrogen and oxygen atoms in total. The molecule has 2 N–H and O–H groups in total. The molecule has 0 saturated carbocycles. The van der Waals surface area contributed by atoms with E-state index in [4.69, 9.17) is 0 Å². The molecule has 144 valence electrons. The summed E-state index contributed by atoms with van der Waals surface area (Å²) in [4.78, 5) is 13.2. The lowest BCUT2D eigenvalue weighted by Gasteiger charge is -2.30. The third-order valence-corrected chi connectivity index (χ3v) is 6.39. The van der Waals surface area contributed by atoms with Crippen molar-refractivity contribution in [3.8, 4) is 0 Å². The lowest BCUT2D eigenvalue weighted by atomic mass is 10.1. The third kappa shape index (κ3) is 6.23. The molecule has 1 aliphatic rings. The van der Waals surface area contributed by atoms with E-state index in [1.165, 1.54) is 9.71 Å². The van der Waals surface area contributed by atoms with Gasteiger partial charge in [-0.1, -0.05) is 44.2 Å². The molecule has 1 aliphatic heterocycles. The van der Waals surface area contributed by atoms with Gasteiger partial charge in [-0.2, -0.15) is 4.31 Å². The zero-order chi connectivity index (χ0) is 19.2. The molecule has 0 aromatic heterocycles. The van der Waals surface area contributed by atoms with Crippen molar-refractivity contribution in [2.24, 2.45) is 5.92 Å². The zero-order valence-electron chi connectivity index (χ0n) is 15.8. The van der Waals surface area contributed by atoms with Crippen LogP contribution in [-0.4, -0.2) is 57.4 Å². The monoisotopic (exact) mass is 380 g/mol. The van der Waals surface area contributed by atoms with E-state index >= 15 is 0 Å². The van der Waals surface area contributed by atoms with Gasteiger partial charge in [0.2, 0.25) is 10.0 Å². The maximum Gasteiger partial charge on any atom is 0.275 e. The molecule has 0 aliphatic carbocycles. The molecule has 0 bridgehead atoms. The molecule has 1 fully saturated rings. The Morgan fingerprint density at radius 3 is 2.38 bits per heavy atom. The van der Waals surface area contributed by atoms with Gasteiger partial charge in [-0.15, -0.1) is 0 Å². The number of sulfonamides is 1. The van der Waals surface area contributed by atoms with Crippen LogP contribution in [0.3, 0.4) is 0 Å². The largest absolute Gasteiger partial charge is 0.348 e. The lowest BCUT2D eigenvalue weighted by molar-refractivity contribution is -0.895. The quantitative estimate of drug-likeness (QED) is 0.717. The highest BCUT2D eigenvalue weighted by Gasteiger charge is 2.28. The lowest BCUT2D eigenvalue weighted by Crippen LogP contribution is -3.15. The van der Waals surface area contributed by atoms with Gasteiger partial charge in [0.05, 0.1) is 26.2 Å². The van der Waals surface area contributed by atoms with Crippen molar-refractivity contribution in [2.75, 3.05) is 32.7 Å². The van der Waals surface area contributed by atoms with Crippen molar-refractivity contribution in [1.29, 1.82) is 0 Å². The smallest absolute Gasteiger partial charge is 0.275 e. The molecular weight excluding hydrogens is 350 g/mol. The van der Waals surface area contributed by atoms with Crippen LogP contribution >= 0.6 is 0 Å². The predicted molar refractivity (Wildman–Crippen MR) is 104 cm³/mol. The van der Waals surface area contributed by atoms with Crippen LogP contribution in [-0.2, 0) is 14.8 Å². The minimum atomic E-state index is -3.42. The van der Waals surface area contributed by atoms with Gasteiger partial charge >= 0.3 is 0 Å². The molecule has 1 aromatic rings. The molecule has 0 spiro atoms. The molecule has 7 heteroatoms. The first-order valence-electron chi connectivity index (χ1n) is 9.14. The molecule has 1 saturated heterocycles. The topological polar surface area (TPSA) is 70.9 Å². The van der Waals surface area contributed by atoms with Crippen molar-refractivity contribution in [1.82, 2.24) is 9.62 Å². The highest BCUT2D eigenvalue weighted by Crippen LogP contribution is 2.08. The minimum absolute atomic E-state index is 0.0291. The van der Waals surface area contributed by atoms with Crippen molar-refractivity contribution in [3.05, 3.63) is 41.3 Å². The van der Waals surface area contributed by atoms with E-state index in [1.807, 2.05) is 37.3 Å². The number of piperazine rings is 1. The number of carbonyl (C=O) groups excluding carboxylic acids is 1. The maximum absolute atomic E-state index is 12.5. The van der Waals surface area contributed by atoms with Gasteiger partial charge in [0, 0.05) is 11.4 Å². The Bertz CT molecular complexity index is 709. The summed E-state index contributed by atoms with van der Waals surface area (Å²) >= 11 is 0. The van der Waals surface area contributed by atoms with E-state index in [0.29, 0.717) is 38.6 Å². The number of carbonyl (C=O) groups is 1. The van der Waals surface area contributed by atoms with Crippen LogP contribution in [0, 0.1) is 5.92 Å². The van der Waals surface area contributed by atoms with E-state index in [0.717, 1.165) is 10.5 Å². The second kappa shape index (κ2) is 9.30. The fourth-order valence-electron chi connectivity index (χ4n) is 2.75. The summed E-state index contributed by atoms with van der Waals surface area (Å²) in [5.74, 6) is 0.425. The second-order valence-electron chi connectivity index (χ2n) is 7.18. The van der Waals surface area contributed by atoms with Crippen molar-refractivity contribution in [2.45, 2.75) is 26.8 Å². The Labute approximate surface area is 156 Å². The molecular formula is C19H30N3O3S+. The van der Waals surface area contributed by atoms with Crippen molar-refractivity contribution < 1.29 is 18.1 Å². The Morgan fingerprint density at radius 1 is 1.19 bits per heavy atom. The van der Waals surface area contributed by atoms with Gasteiger partial charge in [-0.3, -0.25) is 4.79 Å². The highest BCUT2D eigenvalue weighted by atomic mass is 32.2. The summed E-state index contributed by atoms with van der Waals surface area (Å²) in [6.07, 6.45) is 1.62. The first-order valence-corrected chi connectivity index (χ1v) is 10.6. The average Bonchev–Trinajstić information content (AvgIpc) is 2.61. The number of hydrogen-bond acceptors (Lipinski definition) is 3. The van der Waals surface area contributed by atoms with E-state index in [9.17, 15) is 13.2 Å². The summed E-state index contributed by atoms with van der Waals surface area (Å²) in [7, 11) is -3.42. The predicted octanol–water partition coefficient (Wildman–Crippen LogP) is 0.348. The Kier molecular flexibility index (Phi) is 7.37. The van der Waals surface area contributed by atoms with Gasteiger partial charge in [-0.05, 0) is 24.5 Å².